The molecular formula is C23H24N3O+. The molecule has 2 N–H and O–H groups in total. The number of hydrogen-bond donors (Lipinski definition) is 1. The first-order valence-electron chi connectivity index (χ1n) is 8.85. The summed E-state index contributed by atoms with van der Waals surface area (Å²) in [5.74, 6) is 0.860. The van der Waals surface area contributed by atoms with Gasteiger partial charge in [0.1, 0.15) is 11.4 Å². The third-order valence-electron chi connectivity index (χ3n) is 4.25. The number of nitrogens with zero attached hydrogens (tertiary/aromatic N) is 2. The average Bonchev–Trinajstić information content (AvgIpc) is 2.71. The molecule has 0 radical (unpaired) electrons. The van der Waals surface area contributed by atoms with Gasteiger partial charge in [0.2, 0.25) is 5.69 Å². The Kier molecular flexibility index (Phi) is 6.13. The molecule has 3 aromatic rings. The maximum absolute atomic E-state index is 5.88. The van der Waals surface area contributed by atoms with Crippen LogP contribution in [0.25, 0.3) is 23.5 Å². The predicted octanol–water partition coefficient (Wildman–Crippen LogP) is 4.00. The van der Waals surface area contributed by atoms with E-state index in [1.54, 1.807) is 7.11 Å². The molecule has 1 aromatic carbocycles. The van der Waals surface area contributed by atoms with Crippen LogP contribution in [-0.4, -0.2) is 12.1 Å². The molecule has 4 heteroatoms. The second-order valence-corrected chi connectivity index (χ2v) is 6.18. The van der Waals surface area contributed by atoms with Crippen LogP contribution in [0.15, 0.2) is 73.1 Å². The molecular weight excluding hydrogens is 334 g/mol. The van der Waals surface area contributed by atoms with Gasteiger partial charge >= 0.3 is 0 Å². The number of hydrogen-bond acceptors (Lipinski definition) is 3. The van der Waals surface area contributed by atoms with E-state index in [9.17, 15) is 0 Å². The number of rotatable bonds is 6. The lowest BCUT2D eigenvalue weighted by atomic mass is 10.1. The van der Waals surface area contributed by atoms with Crippen molar-refractivity contribution >= 4 is 12.2 Å². The summed E-state index contributed by atoms with van der Waals surface area (Å²) in [5.41, 5.74) is 11.1. The fraction of sp³-hybridized carbons (Fsp3) is 0.130. The van der Waals surface area contributed by atoms with E-state index in [0.717, 1.165) is 28.3 Å². The Bertz CT molecular complexity index is 977. The zero-order valence-corrected chi connectivity index (χ0v) is 15.7. The maximum atomic E-state index is 5.88. The van der Waals surface area contributed by atoms with Crippen LogP contribution in [0.4, 0.5) is 0 Å². The van der Waals surface area contributed by atoms with Crippen molar-refractivity contribution in [3.05, 3.63) is 89.8 Å². The average molecular weight is 358 g/mol. The molecule has 0 saturated carbocycles. The molecule has 136 valence electrons. The summed E-state index contributed by atoms with van der Waals surface area (Å²) in [6.45, 7) is 2.47. The van der Waals surface area contributed by atoms with Crippen molar-refractivity contribution in [2.75, 3.05) is 7.11 Å². The lowest BCUT2D eigenvalue weighted by molar-refractivity contribution is -0.685. The topological polar surface area (TPSA) is 52.0 Å². The van der Waals surface area contributed by atoms with Gasteiger partial charge in [-0.1, -0.05) is 42.5 Å². The monoisotopic (exact) mass is 358 g/mol. The van der Waals surface area contributed by atoms with Crippen molar-refractivity contribution in [3.63, 3.8) is 0 Å². The van der Waals surface area contributed by atoms with E-state index in [4.69, 9.17) is 10.5 Å². The van der Waals surface area contributed by atoms with Crippen LogP contribution in [0.1, 0.15) is 16.7 Å². The van der Waals surface area contributed by atoms with Crippen LogP contribution in [0.3, 0.4) is 0 Å². The quantitative estimate of drug-likeness (QED) is 0.535. The fourth-order valence-electron chi connectivity index (χ4n) is 2.84. The Balaban J connectivity index is 1.84. The number of allylic oxidation sites excluding steroid dienone is 2. The molecule has 0 saturated heterocycles. The number of aryl methyl sites for hydroxylation is 1. The lowest BCUT2D eigenvalue weighted by Gasteiger charge is -2.04. The van der Waals surface area contributed by atoms with Gasteiger partial charge in [0, 0.05) is 23.9 Å². The number of nitrogens with two attached hydrogens (primary N) is 1. The molecule has 2 heterocycles. The molecule has 3 rings (SSSR count). The van der Waals surface area contributed by atoms with Crippen LogP contribution in [-0.2, 0) is 6.67 Å². The number of pyridine rings is 2. The zero-order chi connectivity index (χ0) is 19.1. The number of ether oxygens (including phenoxy) is 1. The van der Waals surface area contributed by atoms with E-state index in [1.807, 2.05) is 71.6 Å². The highest BCUT2D eigenvalue weighted by Crippen LogP contribution is 2.19. The molecule has 0 aliphatic rings. The van der Waals surface area contributed by atoms with E-state index >= 15 is 0 Å². The Morgan fingerprint density at radius 2 is 1.89 bits per heavy atom. The van der Waals surface area contributed by atoms with Gasteiger partial charge in [-0.25, -0.2) is 4.98 Å². The molecule has 0 aliphatic carbocycles. The zero-order valence-electron chi connectivity index (χ0n) is 15.7. The van der Waals surface area contributed by atoms with Gasteiger partial charge in [0.25, 0.3) is 0 Å². The minimum absolute atomic E-state index is 0.405. The number of benzene rings is 1. The van der Waals surface area contributed by atoms with E-state index in [1.165, 1.54) is 5.56 Å². The highest BCUT2D eigenvalue weighted by atomic mass is 16.5. The summed E-state index contributed by atoms with van der Waals surface area (Å²) in [6.07, 6.45) is 11.9. The Hall–Kier alpha value is -3.24. The van der Waals surface area contributed by atoms with Crippen molar-refractivity contribution in [1.29, 1.82) is 0 Å². The summed E-state index contributed by atoms with van der Waals surface area (Å²) in [7, 11) is 1.68. The highest BCUT2D eigenvalue weighted by molar-refractivity contribution is 5.63. The van der Waals surface area contributed by atoms with Gasteiger partial charge in [-0.05, 0) is 36.2 Å². The van der Waals surface area contributed by atoms with E-state index in [-0.39, 0.29) is 0 Å². The Morgan fingerprint density at radius 1 is 1.07 bits per heavy atom. The third-order valence-corrected chi connectivity index (χ3v) is 4.25. The Labute approximate surface area is 160 Å². The molecule has 2 aromatic heterocycles. The smallest absolute Gasteiger partial charge is 0.232 e. The molecule has 27 heavy (non-hydrogen) atoms. The van der Waals surface area contributed by atoms with Crippen LogP contribution in [0.5, 0.6) is 5.75 Å². The minimum Gasteiger partial charge on any atom is -0.496 e. The molecule has 0 aliphatic heterocycles. The second-order valence-electron chi connectivity index (χ2n) is 6.18. The number of methoxy groups -OCH3 is 1. The van der Waals surface area contributed by atoms with Crippen molar-refractivity contribution in [2.45, 2.75) is 13.6 Å². The lowest BCUT2D eigenvalue weighted by Crippen LogP contribution is -2.40. The first kappa shape index (κ1) is 18.5. The van der Waals surface area contributed by atoms with Gasteiger partial charge in [-0.2, -0.15) is 4.57 Å². The minimum atomic E-state index is 0.405. The largest absolute Gasteiger partial charge is 0.496 e. The van der Waals surface area contributed by atoms with Crippen molar-refractivity contribution in [3.8, 4) is 17.1 Å². The molecule has 0 unspecified atom stereocenters. The number of para-hydroxylation sites is 1. The van der Waals surface area contributed by atoms with Gasteiger partial charge in [0.15, 0.2) is 12.9 Å². The molecule has 0 fully saturated rings. The fourth-order valence-corrected chi connectivity index (χ4v) is 2.84. The summed E-state index contributed by atoms with van der Waals surface area (Å²) in [6, 6.07) is 16.1. The molecule has 0 amide bonds. The standard InChI is InChI=1S/C23H24N3O/c1-18-11-13-25-21(15-18)22-16-19(12-14-26(22)17-24)7-3-4-8-20-9-5-6-10-23(20)27-2/h3-16H,17,24H2,1-2H3/q+1/b7-3+,8-4-. The Morgan fingerprint density at radius 3 is 2.67 bits per heavy atom. The molecule has 0 spiro atoms. The normalized spacial score (nSPS) is 11.4. The summed E-state index contributed by atoms with van der Waals surface area (Å²) in [5, 5.41) is 0. The van der Waals surface area contributed by atoms with Crippen molar-refractivity contribution in [2.24, 2.45) is 5.73 Å². The SMILES string of the molecule is COc1ccccc1/C=C\C=C\c1cc[n+](CN)c(-c2cc(C)ccn2)c1. The van der Waals surface area contributed by atoms with Gasteiger partial charge in [-0.3, -0.25) is 5.73 Å². The van der Waals surface area contributed by atoms with Crippen molar-refractivity contribution in [1.82, 2.24) is 4.98 Å². The number of aromatic nitrogens is 2. The van der Waals surface area contributed by atoms with Crippen LogP contribution in [0, 0.1) is 6.92 Å². The van der Waals surface area contributed by atoms with Crippen molar-refractivity contribution < 1.29 is 9.30 Å². The summed E-state index contributed by atoms with van der Waals surface area (Å²) < 4.78 is 7.35. The summed E-state index contributed by atoms with van der Waals surface area (Å²) in [4.78, 5) is 4.49. The van der Waals surface area contributed by atoms with E-state index < -0.39 is 0 Å². The molecule has 0 bridgehead atoms. The highest BCUT2D eigenvalue weighted by Gasteiger charge is 2.13. The first-order valence-corrected chi connectivity index (χ1v) is 8.85. The predicted molar refractivity (Wildman–Crippen MR) is 110 cm³/mol. The van der Waals surface area contributed by atoms with Gasteiger partial charge < -0.3 is 4.74 Å². The van der Waals surface area contributed by atoms with Gasteiger partial charge in [-0.15, -0.1) is 0 Å². The second kappa shape index (κ2) is 8.92. The van der Waals surface area contributed by atoms with Crippen LogP contribution < -0.4 is 15.0 Å². The van der Waals surface area contributed by atoms with E-state index in [2.05, 4.69) is 30.1 Å². The van der Waals surface area contributed by atoms with E-state index in [0.29, 0.717) is 6.67 Å². The molecule has 0 atom stereocenters. The maximum Gasteiger partial charge on any atom is 0.232 e. The van der Waals surface area contributed by atoms with Gasteiger partial charge in [0.05, 0.1) is 7.11 Å². The third kappa shape index (κ3) is 4.68. The molecule has 4 nitrogen and oxygen atoms in total. The summed E-state index contributed by atoms with van der Waals surface area (Å²) >= 11 is 0. The van der Waals surface area contributed by atoms with Crippen LogP contribution >= 0.6 is 0 Å². The van der Waals surface area contributed by atoms with Crippen LogP contribution in [0.2, 0.25) is 0 Å². The first-order chi connectivity index (χ1) is 13.2.